The molecule has 0 aromatic rings. The molecule has 0 aromatic carbocycles. The molecule has 120 valence electrons. The van der Waals surface area contributed by atoms with Gasteiger partial charge >= 0.3 is 6.09 Å². The summed E-state index contributed by atoms with van der Waals surface area (Å²) in [6.45, 7) is 8.99. The molecule has 0 spiro atoms. The Kier molecular flexibility index (Phi) is 5.25. The van der Waals surface area contributed by atoms with Crippen LogP contribution >= 0.6 is 0 Å². The van der Waals surface area contributed by atoms with Gasteiger partial charge in [0.05, 0.1) is 0 Å². The van der Waals surface area contributed by atoms with E-state index in [1.54, 1.807) is 4.90 Å². The van der Waals surface area contributed by atoms with Crippen LogP contribution in [0.5, 0.6) is 0 Å². The molecule has 1 heterocycles. The molecule has 2 rings (SSSR count). The Morgan fingerprint density at radius 3 is 2.10 bits per heavy atom. The van der Waals surface area contributed by atoms with Gasteiger partial charge in [-0.15, -0.1) is 0 Å². The second-order valence-corrected chi connectivity index (χ2v) is 7.21. The molecule has 21 heavy (non-hydrogen) atoms. The zero-order valence-corrected chi connectivity index (χ0v) is 13.5. The third kappa shape index (κ3) is 4.70. The molecule has 0 bridgehead atoms. The molecular formula is C16H28N2O3. The largest absolute Gasteiger partial charge is 0.444 e. The molecule has 1 amide bonds. The summed E-state index contributed by atoms with van der Waals surface area (Å²) in [6, 6.07) is 0.585. The number of rotatable bonds is 2. The number of carbonyl (C=O) groups excluding carboxylic acids is 2. The van der Waals surface area contributed by atoms with E-state index >= 15 is 0 Å². The second-order valence-electron chi connectivity index (χ2n) is 7.21. The maximum Gasteiger partial charge on any atom is 0.410 e. The van der Waals surface area contributed by atoms with Crippen LogP contribution in [0, 0.1) is 5.92 Å². The molecule has 1 saturated heterocycles. The summed E-state index contributed by atoms with van der Waals surface area (Å²) in [6.07, 6.45) is 5.15. The lowest BCUT2D eigenvalue weighted by Crippen LogP contribution is -2.53. The van der Waals surface area contributed by atoms with Gasteiger partial charge < -0.3 is 14.4 Å². The van der Waals surface area contributed by atoms with Crippen molar-refractivity contribution in [3.8, 4) is 0 Å². The van der Waals surface area contributed by atoms with Crippen LogP contribution < -0.4 is 0 Å². The monoisotopic (exact) mass is 296 g/mol. The molecule has 0 N–H and O–H groups in total. The van der Waals surface area contributed by atoms with Gasteiger partial charge in [0.1, 0.15) is 11.9 Å². The highest BCUT2D eigenvalue weighted by atomic mass is 16.6. The Hall–Kier alpha value is -1.10. The lowest BCUT2D eigenvalue weighted by molar-refractivity contribution is -0.112. The molecule has 5 nitrogen and oxygen atoms in total. The minimum atomic E-state index is -0.429. The first-order valence-corrected chi connectivity index (χ1v) is 8.06. The topological polar surface area (TPSA) is 49.9 Å². The zero-order valence-electron chi connectivity index (χ0n) is 13.5. The Labute approximate surface area is 127 Å². The average molecular weight is 296 g/mol. The van der Waals surface area contributed by atoms with Gasteiger partial charge in [-0.1, -0.05) is 0 Å². The fraction of sp³-hybridized carbons (Fsp3) is 0.875. The molecular weight excluding hydrogens is 268 g/mol. The normalized spacial score (nSPS) is 28.2. The Bertz CT molecular complexity index is 362. The van der Waals surface area contributed by atoms with E-state index in [-0.39, 0.29) is 12.0 Å². The van der Waals surface area contributed by atoms with E-state index in [0.29, 0.717) is 6.04 Å². The summed E-state index contributed by atoms with van der Waals surface area (Å²) in [5, 5.41) is 0. The first kappa shape index (κ1) is 16.3. The summed E-state index contributed by atoms with van der Waals surface area (Å²) in [5.41, 5.74) is -0.429. The quantitative estimate of drug-likeness (QED) is 0.734. The Balaban J connectivity index is 1.76. The number of ether oxygens (including phenoxy) is 1. The second kappa shape index (κ2) is 6.77. The predicted molar refractivity (Wildman–Crippen MR) is 81.2 cm³/mol. The van der Waals surface area contributed by atoms with Crippen molar-refractivity contribution in [3.63, 3.8) is 0 Å². The van der Waals surface area contributed by atoms with Gasteiger partial charge in [0.25, 0.3) is 0 Å². The summed E-state index contributed by atoms with van der Waals surface area (Å²) in [5.74, 6) is 0.268. The van der Waals surface area contributed by atoms with Crippen molar-refractivity contribution in [1.82, 2.24) is 9.80 Å². The van der Waals surface area contributed by atoms with Gasteiger partial charge in [0.2, 0.25) is 0 Å². The van der Waals surface area contributed by atoms with Gasteiger partial charge in [-0.2, -0.15) is 0 Å². The highest BCUT2D eigenvalue weighted by Gasteiger charge is 2.30. The van der Waals surface area contributed by atoms with E-state index in [1.165, 1.54) is 0 Å². The van der Waals surface area contributed by atoms with Crippen LogP contribution in [-0.4, -0.2) is 60.0 Å². The van der Waals surface area contributed by atoms with E-state index in [0.717, 1.165) is 58.1 Å². The number of piperazine rings is 1. The van der Waals surface area contributed by atoms with Crippen LogP contribution in [0.25, 0.3) is 0 Å². The number of carbonyl (C=O) groups is 2. The van der Waals surface area contributed by atoms with Crippen LogP contribution in [-0.2, 0) is 9.53 Å². The van der Waals surface area contributed by atoms with Gasteiger partial charge in [-0.05, 0) is 46.5 Å². The predicted octanol–water partition coefficient (Wildman–Crippen LogP) is 2.30. The number of aldehydes is 1. The highest BCUT2D eigenvalue weighted by Crippen LogP contribution is 2.27. The Morgan fingerprint density at radius 2 is 1.62 bits per heavy atom. The molecule has 2 aliphatic rings. The van der Waals surface area contributed by atoms with Crippen LogP contribution in [0.1, 0.15) is 46.5 Å². The molecule has 5 heteroatoms. The van der Waals surface area contributed by atoms with E-state index < -0.39 is 5.60 Å². The number of nitrogens with zero attached hydrogens (tertiary/aromatic N) is 2. The smallest absolute Gasteiger partial charge is 0.410 e. The zero-order chi connectivity index (χ0) is 15.5. The molecule has 0 aromatic heterocycles. The summed E-state index contributed by atoms with van der Waals surface area (Å²) in [7, 11) is 0. The van der Waals surface area contributed by atoms with Crippen molar-refractivity contribution in [1.29, 1.82) is 0 Å². The molecule has 0 atom stereocenters. The average Bonchev–Trinajstić information content (AvgIpc) is 2.46. The minimum Gasteiger partial charge on any atom is -0.444 e. The maximum absolute atomic E-state index is 12.0. The fourth-order valence-electron chi connectivity index (χ4n) is 3.20. The number of amides is 1. The lowest BCUT2D eigenvalue weighted by Gasteiger charge is -2.41. The van der Waals surface area contributed by atoms with Gasteiger partial charge in [-0.3, -0.25) is 4.90 Å². The van der Waals surface area contributed by atoms with Crippen LogP contribution in [0.4, 0.5) is 4.79 Å². The van der Waals surface area contributed by atoms with Crippen molar-refractivity contribution in [2.45, 2.75) is 58.1 Å². The first-order valence-electron chi connectivity index (χ1n) is 8.06. The van der Waals surface area contributed by atoms with Crippen molar-refractivity contribution >= 4 is 12.4 Å². The third-order valence-corrected chi connectivity index (χ3v) is 4.42. The van der Waals surface area contributed by atoms with Gasteiger partial charge in [-0.25, -0.2) is 4.79 Å². The standard InChI is InChI=1S/C16H28N2O3/c1-16(2,3)21-15(20)18-10-8-17(9-11-18)14-6-4-13(12-19)5-7-14/h12-14H,4-11H2,1-3H3. The van der Waals surface area contributed by atoms with Crippen molar-refractivity contribution in [3.05, 3.63) is 0 Å². The van der Waals surface area contributed by atoms with Crippen LogP contribution in [0.3, 0.4) is 0 Å². The molecule has 1 aliphatic heterocycles. The lowest BCUT2D eigenvalue weighted by atomic mass is 9.86. The van der Waals surface area contributed by atoms with Crippen molar-refractivity contribution in [2.24, 2.45) is 5.92 Å². The van der Waals surface area contributed by atoms with Crippen LogP contribution in [0.15, 0.2) is 0 Å². The van der Waals surface area contributed by atoms with Crippen molar-refractivity contribution < 1.29 is 14.3 Å². The molecule has 2 fully saturated rings. The third-order valence-electron chi connectivity index (χ3n) is 4.42. The summed E-state index contributed by atoms with van der Waals surface area (Å²) >= 11 is 0. The molecule has 0 radical (unpaired) electrons. The van der Waals surface area contributed by atoms with Gasteiger partial charge in [0.15, 0.2) is 0 Å². The molecule has 0 unspecified atom stereocenters. The number of hydrogen-bond acceptors (Lipinski definition) is 4. The summed E-state index contributed by atoms with van der Waals surface area (Å²) in [4.78, 5) is 27.1. The SMILES string of the molecule is CC(C)(C)OC(=O)N1CCN(C2CCC(C=O)CC2)CC1. The first-order chi connectivity index (χ1) is 9.89. The number of hydrogen-bond donors (Lipinski definition) is 0. The van der Waals surface area contributed by atoms with Gasteiger partial charge in [0, 0.05) is 38.1 Å². The molecule has 1 saturated carbocycles. The summed E-state index contributed by atoms with van der Waals surface area (Å²) < 4.78 is 5.42. The van der Waals surface area contributed by atoms with Crippen LogP contribution in [0.2, 0.25) is 0 Å². The van der Waals surface area contributed by atoms with E-state index in [9.17, 15) is 9.59 Å². The fourth-order valence-corrected chi connectivity index (χ4v) is 3.20. The minimum absolute atomic E-state index is 0.202. The van der Waals surface area contributed by atoms with E-state index in [2.05, 4.69) is 4.90 Å². The highest BCUT2D eigenvalue weighted by molar-refractivity contribution is 5.68. The van der Waals surface area contributed by atoms with E-state index in [1.807, 2.05) is 20.8 Å². The maximum atomic E-state index is 12.0. The Morgan fingerprint density at radius 1 is 1.05 bits per heavy atom. The molecule has 1 aliphatic carbocycles. The van der Waals surface area contributed by atoms with Crippen molar-refractivity contribution in [2.75, 3.05) is 26.2 Å². The van der Waals surface area contributed by atoms with E-state index in [4.69, 9.17) is 4.74 Å².